The summed E-state index contributed by atoms with van der Waals surface area (Å²) in [5.74, 6) is 1.81. The Morgan fingerprint density at radius 2 is 1.80 bits per heavy atom. The molecule has 0 heterocycles. The van der Waals surface area contributed by atoms with E-state index in [0.29, 0.717) is 11.7 Å². The Balaban J connectivity index is 1.95. The molecule has 1 fully saturated rings. The molecule has 0 saturated heterocycles. The van der Waals surface area contributed by atoms with E-state index in [1.54, 1.807) is 31.4 Å². The zero-order chi connectivity index (χ0) is 10.8. The van der Waals surface area contributed by atoms with Crippen molar-refractivity contribution in [2.24, 2.45) is 11.8 Å². The number of rotatable bonds is 3. The van der Waals surface area contributed by atoms with Crippen LogP contribution in [0.25, 0.3) is 0 Å². The smallest absolute Gasteiger partial charge is 0.314 e. The second kappa shape index (κ2) is 3.93. The average molecular weight is 206 g/mol. The third-order valence-corrected chi connectivity index (χ3v) is 2.69. The van der Waals surface area contributed by atoms with E-state index in [-0.39, 0.29) is 11.9 Å². The molecule has 0 amide bonds. The molecule has 1 saturated carbocycles. The third-order valence-electron chi connectivity index (χ3n) is 2.69. The molecule has 0 spiro atoms. The Kier molecular flexibility index (Phi) is 2.62. The van der Waals surface area contributed by atoms with Crippen molar-refractivity contribution >= 4 is 5.97 Å². The topological polar surface area (TPSA) is 35.5 Å². The lowest BCUT2D eigenvalue weighted by molar-refractivity contribution is -0.136. The maximum Gasteiger partial charge on any atom is 0.314 e. The van der Waals surface area contributed by atoms with Crippen molar-refractivity contribution in [3.8, 4) is 11.5 Å². The predicted molar refractivity (Wildman–Crippen MR) is 55.9 cm³/mol. The van der Waals surface area contributed by atoms with Crippen LogP contribution < -0.4 is 9.47 Å². The van der Waals surface area contributed by atoms with Crippen LogP contribution in [0.4, 0.5) is 0 Å². The van der Waals surface area contributed by atoms with Gasteiger partial charge in [0.2, 0.25) is 0 Å². The fourth-order valence-electron chi connectivity index (χ4n) is 1.49. The molecule has 0 N–H and O–H groups in total. The number of hydrogen-bond donors (Lipinski definition) is 0. The first-order valence-electron chi connectivity index (χ1n) is 5.06. The van der Waals surface area contributed by atoms with Gasteiger partial charge in [0.05, 0.1) is 13.0 Å². The molecule has 15 heavy (non-hydrogen) atoms. The van der Waals surface area contributed by atoms with Crippen molar-refractivity contribution in [3.63, 3.8) is 0 Å². The number of methoxy groups -OCH3 is 1. The maximum atomic E-state index is 11.5. The van der Waals surface area contributed by atoms with E-state index >= 15 is 0 Å². The predicted octanol–water partition coefficient (Wildman–Crippen LogP) is 2.26. The van der Waals surface area contributed by atoms with Crippen LogP contribution in [0, 0.1) is 11.8 Å². The summed E-state index contributed by atoms with van der Waals surface area (Å²) in [6.45, 7) is 2.06. The quantitative estimate of drug-likeness (QED) is 0.562. The van der Waals surface area contributed by atoms with Gasteiger partial charge in [0, 0.05) is 0 Å². The zero-order valence-corrected chi connectivity index (χ0v) is 8.90. The van der Waals surface area contributed by atoms with Crippen molar-refractivity contribution in [2.45, 2.75) is 13.3 Å². The minimum atomic E-state index is -0.118. The first-order valence-corrected chi connectivity index (χ1v) is 5.06. The molecule has 1 aromatic carbocycles. The third kappa shape index (κ3) is 2.29. The average Bonchev–Trinajstić information content (AvgIpc) is 2.97. The Hall–Kier alpha value is -1.51. The molecular weight excluding hydrogens is 192 g/mol. The first kappa shape index (κ1) is 10.0. The lowest BCUT2D eigenvalue weighted by Gasteiger charge is -2.04. The van der Waals surface area contributed by atoms with Gasteiger partial charge < -0.3 is 9.47 Å². The van der Waals surface area contributed by atoms with E-state index in [9.17, 15) is 4.79 Å². The van der Waals surface area contributed by atoms with Crippen molar-refractivity contribution in [3.05, 3.63) is 24.3 Å². The summed E-state index contributed by atoms with van der Waals surface area (Å²) in [5, 5.41) is 0. The lowest BCUT2D eigenvalue weighted by Crippen LogP contribution is -2.10. The van der Waals surface area contributed by atoms with E-state index in [4.69, 9.17) is 9.47 Å². The van der Waals surface area contributed by atoms with Crippen LogP contribution in [0.3, 0.4) is 0 Å². The van der Waals surface area contributed by atoms with Gasteiger partial charge in [-0.2, -0.15) is 0 Å². The molecule has 0 aromatic heterocycles. The summed E-state index contributed by atoms with van der Waals surface area (Å²) >= 11 is 0. The molecule has 3 nitrogen and oxygen atoms in total. The first-order chi connectivity index (χ1) is 7.20. The Bertz CT molecular complexity index is 356. The minimum absolute atomic E-state index is 0.104. The highest BCUT2D eigenvalue weighted by atomic mass is 16.5. The second-order valence-corrected chi connectivity index (χ2v) is 3.92. The summed E-state index contributed by atoms with van der Waals surface area (Å²) in [6.07, 6.45) is 0.953. The van der Waals surface area contributed by atoms with E-state index in [1.165, 1.54) is 0 Å². The molecule has 80 valence electrons. The van der Waals surface area contributed by atoms with Crippen LogP contribution in [-0.2, 0) is 4.79 Å². The van der Waals surface area contributed by atoms with Crippen LogP contribution in [-0.4, -0.2) is 13.1 Å². The summed E-state index contributed by atoms with van der Waals surface area (Å²) < 4.78 is 10.2. The van der Waals surface area contributed by atoms with Gasteiger partial charge in [-0.3, -0.25) is 4.79 Å². The number of ether oxygens (including phenoxy) is 2. The van der Waals surface area contributed by atoms with Crippen molar-refractivity contribution in [2.75, 3.05) is 7.11 Å². The van der Waals surface area contributed by atoms with E-state index < -0.39 is 0 Å². The number of carbonyl (C=O) groups excluding carboxylic acids is 1. The van der Waals surface area contributed by atoms with Gasteiger partial charge in [0.25, 0.3) is 0 Å². The van der Waals surface area contributed by atoms with Crippen LogP contribution in [0.15, 0.2) is 24.3 Å². The molecule has 2 rings (SSSR count). The standard InChI is InChI=1S/C12H14O3/c1-8-7-11(8)12(13)15-10-5-3-9(14-2)4-6-10/h3-6,8,11H,7H2,1-2H3. The van der Waals surface area contributed by atoms with Crippen molar-refractivity contribution < 1.29 is 14.3 Å². The van der Waals surface area contributed by atoms with Gasteiger partial charge in [0.15, 0.2) is 0 Å². The Morgan fingerprint density at radius 1 is 1.27 bits per heavy atom. The number of benzene rings is 1. The summed E-state index contributed by atoms with van der Waals surface area (Å²) in [5.41, 5.74) is 0. The minimum Gasteiger partial charge on any atom is -0.497 e. The normalized spacial score (nSPS) is 23.3. The molecular formula is C12H14O3. The second-order valence-electron chi connectivity index (χ2n) is 3.92. The van der Waals surface area contributed by atoms with E-state index in [1.807, 2.05) is 0 Å². The van der Waals surface area contributed by atoms with Gasteiger partial charge in [-0.25, -0.2) is 0 Å². The van der Waals surface area contributed by atoms with Crippen LogP contribution in [0.5, 0.6) is 11.5 Å². The van der Waals surface area contributed by atoms with E-state index in [2.05, 4.69) is 6.92 Å². The van der Waals surface area contributed by atoms with Crippen molar-refractivity contribution in [1.29, 1.82) is 0 Å². The van der Waals surface area contributed by atoms with Gasteiger partial charge in [-0.1, -0.05) is 6.92 Å². The number of esters is 1. The Labute approximate surface area is 89.0 Å². The van der Waals surface area contributed by atoms with Gasteiger partial charge in [-0.15, -0.1) is 0 Å². The summed E-state index contributed by atoms with van der Waals surface area (Å²) in [7, 11) is 1.60. The molecule has 1 aliphatic rings. The molecule has 2 unspecified atom stereocenters. The molecule has 1 aromatic rings. The number of carbonyl (C=O) groups is 1. The van der Waals surface area contributed by atoms with Crippen LogP contribution in [0.2, 0.25) is 0 Å². The fraction of sp³-hybridized carbons (Fsp3) is 0.417. The largest absolute Gasteiger partial charge is 0.497 e. The molecule has 0 radical (unpaired) electrons. The summed E-state index contributed by atoms with van der Waals surface area (Å²) in [4.78, 5) is 11.5. The van der Waals surface area contributed by atoms with Gasteiger partial charge >= 0.3 is 5.97 Å². The molecule has 0 bridgehead atoms. The highest BCUT2D eigenvalue weighted by molar-refractivity contribution is 5.78. The highest BCUT2D eigenvalue weighted by Gasteiger charge is 2.40. The monoisotopic (exact) mass is 206 g/mol. The SMILES string of the molecule is COc1ccc(OC(=O)C2CC2C)cc1. The zero-order valence-electron chi connectivity index (χ0n) is 8.90. The molecule has 1 aliphatic carbocycles. The lowest BCUT2D eigenvalue weighted by atomic mass is 10.3. The maximum absolute atomic E-state index is 11.5. The van der Waals surface area contributed by atoms with Crippen LogP contribution in [0.1, 0.15) is 13.3 Å². The van der Waals surface area contributed by atoms with Gasteiger partial charge in [0.1, 0.15) is 11.5 Å². The van der Waals surface area contributed by atoms with Crippen molar-refractivity contribution in [1.82, 2.24) is 0 Å². The van der Waals surface area contributed by atoms with E-state index in [0.717, 1.165) is 12.2 Å². The highest BCUT2D eigenvalue weighted by Crippen LogP contribution is 2.38. The molecule has 3 heteroatoms. The Morgan fingerprint density at radius 3 is 2.27 bits per heavy atom. The molecule has 2 atom stereocenters. The molecule has 0 aliphatic heterocycles. The van der Waals surface area contributed by atoms with Gasteiger partial charge in [-0.05, 0) is 36.6 Å². The fourth-order valence-corrected chi connectivity index (χ4v) is 1.49. The summed E-state index contributed by atoms with van der Waals surface area (Å²) in [6, 6.07) is 7.03. The number of hydrogen-bond acceptors (Lipinski definition) is 3. The van der Waals surface area contributed by atoms with Crippen LogP contribution >= 0.6 is 0 Å².